The van der Waals surface area contributed by atoms with Crippen LogP contribution in [0.4, 0.5) is 9.18 Å². The number of imide groups is 1. The Labute approximate surface area is 162 Å². The lowest BCUT2D eigenvalue weighted by Gasteiger charge is -2.21. The first-order valence-electron chi connectivity index (χ1n) is 9.12. The third-order valence-corrected chi connectivity index (χ3v) is 4.81. The Kier molecular flexibility index (Phi) is 5.73. The second kappa shape index (κ2) is 8.21. The van der Waals surface area contributed by atoms with E-state index in [9.17, 15) is 18.8 Å². The van der Waals surface area contributed by atoms with Crippen LogP contribution < -0.4 is 10.7 Å². The normalized spacial score (nSPS) is 18.9. The van der Waals surface area contributed by atoms with Crippen molar-refractivity contribution >= 4 is 17.8 Å². The molecular weight excluding hydrogens is 361 g/mol. The number of carbonyl (C=O) groups excluding carboxylic acids is 3. The molecule has 1 aliphatic heterocycles. The van der Waals surface area contributed by atoms with Gasteiger partial charge in [-0.05, 0) is 49.4 Å². The number of aryl methyl sites for hydroxylation is 2. The Morgan fingerprint density at radius 1 is 1.04 bits per heavy atom. The van der Waals surface area contributed by atoms with Crippen LogP contribution in [0.2, 0.25) is 0 Å². The molecule has 0 saturated carbocycles. The number of benzene rings is 2. The van der Waals surface area contributed by atoms with Gasteiger partial charge in [0, 0.05) is 6.42 Å². The van der Waals surface area contributed by atoms with E-state index in [1.165, 1.54) is 12.1 Å². The standard InChI is InChI=1S/C21H22FN3O3/c1-21(14-13-15-5-3-2-4-6-15)19(27)25(20(28)23-21)24-18(26)12-9-16-7-10-17(22)11-8-16/h2-8,10-11H,9,12-14H2,1H3,(H,23,28)(H,24,26). The largest absolute Gasteiger partial charge is 0.344 e. The Morgan fingerprint density at radius 3 is 2.36 bits per heavy atom. The smallest absolute Gasteiger partial charge is 0.322 e. The quantitative estimate of drug-likeness (QED) is 0.722. The number of hydrogen-bond donors (Lipinski definition) is 2. The van der Waals surface area contributed by atoms with Gasteiger partial charge < -0.3 is 5.32 Å². The summed E-state index contributed by atoms with van der Waals surface area (Å²) in [5.41, 5.74) is 3.16. The van der Waals surface area contributed by atoms with Crippen LogP contribution in [0.3, 0.4) is 0 Å². The third-order valence-electron chi connectivity index (χ3n) is 4.81. The number of nitrogens with one attached hydrogen (secondary N) is 2. The molecule has 0 aromatic heterocycles. The predicted octanol–water partition coefficient (Wildman–Crippen LogP) is 2.73. The van der Waals surface area contributed by atoms with Crippen molar-refractivity contribution in [2.45, 2.75) is 38.1 Å². The van der Waals surface area contributed by atoms with Gasteiger partial charge in [0.05, 0.1) is 0 Å². The van der Waals surface area contributed by atoms with E-state index in [2.05, 4.69) is 10.7 Å². The van der Waals surface area contributed by atoms with Gasteiger partial charge in [0.25, 0.3) is 5.91 Å². The lowest BCUT2D eigenvalue weighted by molar-refractivity contribution is -0.138. The van der Waals surface area contributed by atoms with E-state index in [0.717, 1.165) is 16.1 Å². The summed E-state index contributed by atoms with van der Waals surface area (Å²) in [4.78, 5) is 37.1. The first-order chi connectivity index (χ1) is 13.4. The maximum absolute atomic E-state index is 12.9. The summed E-state index contributed by atoms with van der Waals surface area (Å²) in [6, 6.07) is 14.9. The number of rotatable bonds is 7. The zero-order chi connectivity index (χ0) is 20.1. The van der Waals surface area contributed by atoms with Gasteiger partial charge in [0.1, 0.15) is 11.4 Å². The molecule has 2 aromatic carbocycles. The summed E-state index contributed by atoms with van der Waals surface area (Å²) in [6.07, 6.45) is 1.49. The second-order valence-corrected chi connectivity index (χ2v) is 7.05. The molecule has 1 heterocycles. The van der Waals surface area contributed by atoms with Gasteiger partial charge in [0.15, 0.2) is 0 Å². The van der Waals surface area contributed by atoms with Gasteiger partial charge in [-0.3, -0.25) is 15.0 Å². The van der Waals surface area contributed by atoms with E-state index in [0.29, 0.717) is 19.3 Å². The van der Waals surface area contributed by atoms with Crippen molar-refractivity contribution in [2.24, 2.45) is 0 Å². The number of nitrogens with zero attached hydrogens (tertiary/aromatic N) is 1. The molecule has 0 spiro atoms. The summed E-state index contributed by atoms with van der Waals surface area (Å²) >= 11 is 0. The Bertz CT molecular complexity index is 870. The molecule has 6 nitrogen and oxygen atoms in total. The minimum absolute atomic E-state index is 0.0728. The van der Waals surface area contributed by atoms with Crippen LogP contribution in [-0.2, 0) is 22.4 Å². The summed E-state index contributed by atoms with van der Waals surface area (Å²) < 4.78 is 12.9. The number of hydrazine groups is 1. The third kappa shape index (κ3) is 4.54. The number of carbonyl (C=O) groups is 3. The molecule has 146 valence electrons. The van der Waals surface area contributed by atoms with Gasteiger partial charge >= 0.3 is 6.03 Å². The highest BCUT2D eigenvalue weighted by Crippen LogP contribution is 2.22. The Morgan fingerprint density at radius 2 is 1.68 bits per heavy atom. The van der Waals surface area contributed by atoms with Crippen molar-refractivity contribution in [3.63, 3.8) is 0 Å². The molecule has 0 radical (unpaired) electrons. The summed E-state index contributed by atoms with van der Waals surface area (Å²) in [5, 5.41) is 3.41. The number of urea groups is 1. The van der Waals surface area contributed by atoms with Crippen molar-refractivity contribution in [2.75, 3.05) is 0 Å². The van der Waals surface area contributed by atoms with Crippen molar-refractivity contribution < 1.29 is 18.8 Å². The molecule has 28 heavy (non-hydrogen) atoms. The van der Waals surface area contributed by atoms with E-state index in [4.69, 9.17) is 0 Å². The lowest BCUT2D eigenvalue weighted by Crippen LogP contribution is -2.49. The van der Waals surface area contributed by atoms with Gasteiger partial charge in [0.2, 0.25) is 5.91 Å². The monoisotopic (exact) mass is 383 g/mol. The van der Waals surface area contributed by atoms with Crippen molar-refractivity contribution in [3.05, 3.63) is 71.5 Å². The Balaban J connectivity index is 1.55. The van der Waals surface area contributed by atoms with Crippen LogP contribution in [0, 0.1) is 5.82 Å². The van der Waals surface area contributed by atoms with Gasteiger partial charge in [-0.2, -0.15) is 5.01 Å². The summed E-state index contributed by atoms with van der Waals surface area (Å²) in [7, 11) is 0. The Hall–Kier alpha value is -3.22. The van der Waals surface area contributed by atoms with E-state index in [1.54, 1.807) is 19.1 Å². The van der Waals surface area contributed by atoms with Gasteiger partial charge in [-0.15, -0.1) is 0 Å². The summed E-state index contributed by atoms with van der Waals surface area (Å²) in [5.74, 6) is -1.29. The first-order valence-corrected chi connectivity index (χ1v) is 9.12. The van der Waals surface area contributed by atoms with Crippen LogP contribution in [0.25, 0.3) is 0 Å². The van der Waals surface area contributed by atoms with Crippen molar-refractivity contribution in [3.8, 4) is 0 Å². The molecule has 0 aliphatic carbocycles. The fourth-order valence-corrected chi connectivity index (χ4v) is 3.08. The number of amides is 4. The molecule has 0 bridgehead atoms. The van der Waals surface area contributed by atoms with Gasteiger partial charge in [-0.1, -0.05) is 42.5 Å². The molecule has 7 heteroatoms. The molecule has 2 N–H and O–H groups in total. The average Bonchev–Trinajstić information content (AvgIpc) is 2.90. The SMILES string of the molecule is CC1(CCc2ccccc2)NC(=O)N(NC(=O)CCc2ccc(F)cc2)C1=O. The molecule has 1 aliphatic rings. The van der Waals surface area contributed by atoms with Crippen LogP contribution in [0.15, 0.2) is 54.6 Å². The second-order valence-electron chi connectivity index (χ2n) is 7.05. The highest BCUT2D eigenvalue weighted by Gasteiger charge is 2.48. The molecular formula is C21H22FN3O3. The van der Waals surface area contributed by atoms with E-state index < -0.39 is 23.4 Å². The molecule has 3 rings (SSSR count). The minimum Gasteiger partial charge on any atom is -0.322 e. The molecule has 2 aromatic rings. The minimum atomic E-state index is -1.07. The fraction of sp³-hybridized carbons (Fsp3) is 0.286. The van der Waals surface area contributed by atoms with E-state index in [-0.39, 0.29) is 12.2 Å². The zero-order valence-electron chi connectivity index (χ0n) is 15.6. The lowest BCUT2D eigenvalue weighted by atomic mass is 9.93. The van der Waals surface area contributed by atoms with Crippen LogP contribution in [0.5, 0.6) is 0 Å². The number of halogens is 1. The van der Waals surface area contributed by atoms with Crippen molar-refractivity contribution in [1.82, 2.24) is 15.8 Å². The highest BCUT2D eigenvalue weighted by molar-refractivity contribution is 6.07. The molecule has 4 amide bonds. The first kappa shape index (κ1) is 19.5. The molecule has 1 unspecified atom stereocenters. The van der Waals surface area contributed by atoms with E-state index >= 15 is 0 Å². The van der Waals surface area contributed by atoms with Crippen LogP contribution in [-0.4, -0.2) is 28.4 Å². The summed E-state index contributed by atoms with van der Waals surface area (Å²) in [6.45, 7) is 1.65. The van der Waals surface area contributed by atoms with E-state index in [1.807, 2.05) is 30.3 Å². The van der Waals surface area contributed by atoms with Crippen molar-refractivity contribution in [1.29, 1.82) is 0 Å². The fourth-order valence-electron chi connectivity index (χ4n) is 3.08. The van der Waals surface area contributed by atoms with Crippen LogP contribution >= 0.6 is 0 Å². The number of hydrogen-bond acceptors (Lipinski definition) is 3. The zero-order valence-corrected chi connectivity index (χ0v) is 15.6. The maximum atomic E-state index is 12.9. The molecule has 1 saturated heterocycles. The van der Waals surface area contributed by atoms with Gasteiger partial charge in [-0.25, -0.2) is 9.18 Å². The molecule has 1 atom stereocenters. The highest BCUT2D eigenvalue weighted by atomic mass is 19.1. The maximum Gasteiger partial charge on any atom is 0.344 e. The molecule has 1 fully saturated rings. The predicted molar refractivity (Wildman–Crippen MR) is 101 cm³/mol. The average molecular weight is 383 g/mol. The van der Waals surface area contributed by atoms with Crippen LogP contribution in [0.1, 0.15) is 30.9 Å². The topological polar surface area (TPSA) is 78.5 Å².